The van der Waals surface area contributed by atoms with Crippen molar-refractivity contribution in [1.82, 2.24) is 9.80 Å². The SMILES string of the molecule is CCN1CCC(O)C(N2CCC(C(=O)c3ccc(F)cc3)CC2)C1. The number of hydrogen-bond donors (Lipinski definition) is 1. The number of likely N-dealkylation sites (tertiary alicyclic amines) is 2. The minimum absolute atomic E-state index is 0.00900. The van der Waals surface area contributed by atoms with Gasteiger partial charge in [0.05, 0.1) is 6.10 Å². The Bertz CT molecular complexity index is 555. The Balaban J connectivity index is 1.57. The third kappa shape index (κ3) is 3.85. The number of aliphatic hydroxyl groups is 1. The van der Waals surface area contributed by atoms with Crippen molar-refractivity contribution in [3.63, 3.8) is 0 Å². The van der Waals surface area contributed by atoms with Crippen molar-refractivity contribution < 1.29 is 14.3 Å². The molecule has 24 heavy (non-hydrogen) atoms. The largest absolute Gasteiger partial charge is 0.391 e. The van der Waals surface area contributed by atoms with Gasteiger partial charge in [-0.05, 0) is 63.2 Å². The van der Waals surface area contributed by atoms with Gasteiger partial charge < -0.3 is 10.0 Å². The summed E-state index contributed by atoms with van der Waals surface area (Å²) in [6.45, 7) is 6.74. The summed E-state index contributed by atoms with van der Waals surface area (Å²) >= 11 is 0. The Labute approximate surface area is 143 Å². The lowest BCUT2D eigenvalue weighted by atomic mass is 9.87. The zero-order chi connectivity index (χ0) is 17.1. The second kappa shape index (κ2) is 7.72. The predicted molar refractivity (Wildman–Crippen MR) is 91.6 cm³/mol. The van der Waals surface area contributed by atoms with E-state index in [-0.39, 0.29) is 29.7 Å². The Kier molecular flexibility index (Phi) is 5.64. The van der Waals surface area contributed by atoms with Crippen LogP contribution >= 0.6 is 0 Å². The van der Waals surface area contributed by atoms with E-state index >= 15 is 0 Å². The molecule has 0 aromatic heterocycles. The van der Waals surface area contributed by atoms with Crippen LogP contribution in [-0.2, 0) is 0 Å². The lowest BCUT2D eigenvalue weighted by Crippen LogP contribution is -2.57. The summed E-state index contributed by atoms with van der Waals surface area (Å²) in [7, 11) is 0. The number of likely N-dealkylation sites (N-methyl/N-ethyl adjacent to an activating group) is 1. The van der Waals surface area contributed by atoms with Gasteiger partial charge in [0, 0.05) is 30.6 Å². The van der Waals surface area contributed by atoms with Gasteiger partial charge in [-0.1, -0.05) is 6.92 Å². The smallest absolute Gasteiger partial charge is 0.166 e. The van der Waals surface area contributed by atoms with Crippen LogP contribution in [0, 0.1) is 11.7 Å². The van der Waals surface area contributed by atoms with Gasteiger partial charge in [-0.2, -0.15) is 0 Å². The molecule has 0 saturated carbocycles. The van der Waals surface area contributed by atoms with Crippen LogP contribution in [0.15, 0.2) is 24.3 Å². The van der Waals surface area contributed by atoms with Gasteiger partial charge in [0.2, 0.25) is 0 Å². The number of rotatable bonds is 4. The number of benzene rings is 1. The van der Waals surface area contributed by atoms with Crippen LogP contribution in [0.4, 0.5) is 4.39 Å². The quantitative estimate of drug-likeness (QED) is 0.857. The maximum Gasteiger partial charge on any atom is 0.166 e. The summed E-state index contributed by atoms with van der Waals surface area (Å²) in [5.74, 6) is -0.183. The fraction of sp³-hybridized carbons (Fsp3) is 0.632. The highest BCUT2D eigenvalue weighted by atomic mass is 19.1. The molecule has 2 atom stereocenters. The average molecular weight is 334 g/mol. The Morgan fingerprint density at radius 2 is 1.83 bits per heavy atom. The normalized spacial score (nSPS) is 27.3. The summed E-state index contributed by atoms with van der Waals surface area (Å²) in [4.78, 5) is 17.3. The first-order chi connectivity index (χ1) is 11.6. The molecule has 4 nitrogen and oxygen atoms in total. The maximum absolute atomic E-state index is 13.0. The van der Waals surface area contributed by atoms with Crippen LogP contribution in [0.25, 0.3) is 0 Å². The summed E-state index contributed by atoms with van der Waals surface area (Å²) in [6.07, 6.45) is 2.18. The molecule has 2 aliphatic heterocycles. The van der Waals surface area contributed by atoms with Crippen LogP contribution in [0.1, 0.15) is 36.5 Å². The zero-order valence-electron chi connectivity index (χ0n) is 14.3. The number of carbonyl (C=O) groups is 1. The average Bonchev–Trinajstić information content (AvgIpc) is 2.62. The molecule has 2 unspecified atom stereocenters. The lowest BCUT2D eigenvalue weighted by Gasteiger charge is -2.44. The van der Waals surface area contributed by atoms with Crippen molar-refractivity contribution in [2.45, 2.75) is 38.3 Å². The highest BCUT2D eigenvalue weighted by Gasteiger charge is 2.35. The molecule has 1 N–H and O–H groups in total. The molecule has 0 spiro atoms. The summed E-state index contributed by atoms with van der Waals surface area (Å²) in [5, 5.41) is 10.3. The van der Waals surface area contributed by atoms with Crippen molar-refractivity contribution in [2.24, 2.45) is 5.92 Å². The van der Waals surface area contributed by atoms with E-state index in [0.717, 1.165) is 52.0 Å². The monoisotopic (exact) mass is 334 g/mol. The molecule has 132 valence electrons. The minimum atomic E-state index is -0.312. The molecule has 0 aliphatic carbocycles. The molecule has 1 aromatic carbocycles. The van der Waals surface area contributed by atoms with E-state index in [9.17, 15) is 14.3 Å². The molecule has 3 rings (SSSR count). The number of aliphatic hydroxyl groups excluding tert-OH is 1. The molecule has 0 bridgehead atoms. The van der Waals surface area contributed by atoms with E-state index in [1.165, 1.54) is 12.1 Å². The Morgan fingerprint density at radius 3 is 2.46 bits per heavy atom. The number of carbonyl (C=O) groups excluding carboxylic acids is 1. The zero-order valence-corrected chi connectivity index (χ0v) is 14.3. The molecule has 0 radical (unpaired) electrons. The molecule has 2 aliphatic rings. The highest BCUT2D eigenvalue weighted by Crippen LogP contribution is 2.26. The van der Waals surface area contributed by atoms with Gasteiger partial charge >= 0.3 is 0 Å². The number of nitrogens with zero attached hydrogens (tertiary/aromatic N) is 2. The first-order valence-corrected chi connectivity index (χ1v) is 9.02. The summed E-state index contributed by atoms with van der Waals surface area (Å²) in [6, 6.07) is 6.03. The number of Topliss-reactive ketones (excluding diaryl/α,β-unsaturated/α-hetero) is 1. The van der Waals surface area contributed by atoms with E-state index in [0.29, 0.717) is 5.56 Å². The van der Waals surface area contributed by atoms with E-state index in [1.54, 1.807) is 12.1 Å². The number of hydrogen-bond acceptors (Lipinski definition) is 4. The van der Waals surface area contributed by atoms with Crippen LogP contribution in [0.5, 0.6) is 0 Å². The van der Waals surface area contributed by atoms with Crippen molar-refractivity contribution in [2.75, 3.05) is 32.7 Å². The first kappa shape index (κ1) is 17.5. The second-order valence-corrected chi connectivity index (χ2v) is 7.00. The number of ketones is 1. The highest BCUT2D eigenvalue weighted by molar-refractivity contribution is 5.97. The standard InChI is InChI=1S/C19H27FN2O2/c1-2-21-10-9-18(23)17(13-21)22-11-7-15(8-12-22)19(24)14-3-5-16(20)6-4-14/h3-6,15,17-18,23H,2,7-13H2,1H3. The Morgan fingerprint density at radius 1 is 1.17 bits per heavy atom. The molecule has 2 heterocycles. The van der Waals surface area contributed by atoms with Gasteiger partial charge in [0.25, 0.3) is 0 Å². The van der Waals surface area contributed by atoms with E-state index in [1.807, 2.05) is 0 Å². The van der Waals surface area contributed by atoms with Gasteiger partial charge in [0.1, 0.15) is 5.82 Å². The van der Waals surface area contributed by atoms with E-state index in [2.05, 4.69) is 16.7 Å². The predicted octanol–water partition coefficient (Wildman–Crippen LogP) is 2.18. The lowest BCUT2D eigenvalue weighted by molar-refractivity contribution is -0.0210. The van der Waals surface area contributed by atoms with E-state index in [4.69, 9.17) is 0 Å². The van der Waals surface area contributed by atoms with Crippen LogP contribution < -0.4 is 0 Å². The van der Waals surface area contributed by atoms with Crippen LogP contribution in [0.2, 0.25) is 0 Å². The van der Waals surface area contributed by atoms with Crippen LogP contribution in [0.3, 0.4) is 0 Å². The number of halogens is 1. The fourth-order valence-corrected chi connectivity index (χ4v) is 3.97. The first-order valence-electron chi connectivity index (χ1n) is 9.02. The fourth-order valence-electron chi connectivity index (χ4n) is 3.97. The topological polar surface area (TPSA) is 43.8 Å². The molecule has 1 aromatic rings. The van der Waals surface area contributed by atoms with E-state index < -0.39 is 0 Å². The van der Waals surface area contributed by atoms with Gasteiger partial charge in [-0.3, -0.25) is 9.69 Å². The van der Waals surface area contributed by atoms with Crippen molar-refractivity contribution in [3.05, 3.63) is 35.6 Å². The van der Waals surface area contributed by atoms with Crippen molar-refractivity contribution >= 4 is 5.78 Å². The molecule has 0 amide bonds. The Hall–Kier alpha value is -1.30. The molecule has 2 fully saturated rings. The molecule has 2 saturated heterocycles. The number of piperidine rings is 2. The molecular formula is C19H27FN2O2. The summed E-state index contributed by atoms with van der Waals surface area (Å²) < 4.78 is 13.0. The maximum atomic E-state index is 13.0. The second-order valence-electron chi connectivity index (χ2n) is 7.00. The van der Waals surface area contributed by atoms with Gasteiger partial charge in [-0.15, -0.1) is 0 Å². The van der Waals surface area contributed by atoms with Crippen LogP contribution in [-0.4, -0.2) is 65.6 Å². The van der Waals surface area contributed by atoms with Gasteiger partial charge in [-0.25, -0.2) is 4.39 Å². The van der Waals surface area contributed by atoms with Crippen molar-refractivity contribution in [1.29, 1.82) is 0 Å². The third-order valence-corrected chi connectivity index (χ3v) is 5.58. The van der Waals surface area contributed by atoms with Crippen molar-refractivity contribution in [3.8, 4) is 0 Å². The third-order valence-electron chi connectivity index (χ3n) is 5.58. The molecular weight excluding hydrogens is 307 g/mol. The minimum Gasteiger partial charge on any atom is -0.391 e. The van der Waals surface area contributed by atoms with Gasteiger partial charge in [0.15, 0.2) is 5.78 Å². The summed E-state index contributed by atoms with van der Waals surface area (Å²) in [5.41, 5.74) is 0.602. The molecule has 5 heteroatoms.